The first-order valence-electron chi connectivity index (χ1n) is 11.8. The van der Waals surface area contributed by atoms with E-state index in [1.54, 1.807) is 16.5 Å². The zero-order chi connectivity index (χ0) is 23.7. The minimum Gasteiger partial charge on any atom is -0.476 e. The second-order valence-corrected chi connectivity index (χ2v) is 10.3. The molecule has 3 aliphatic rings. The Morgan fingerprint density at radius 1 is 1.24 bits per heavy atom. The highest BCUT2D eigenvalue weighted by atomic mass is 35.5. The minimum atomic E-state index is -1.16. The Kier molecular flexibility index (Phi) is 4.85. The Balaban J connectivity index is 1.47. The number of halogens is 1. The number of fused-ring (bicyclic) bond motifs is 2. The molecule has 3 atom stereocenters. The van der Waals surface area contributed by atoms with Gasteiger partial charge in [-0.15, -0.1) is 0 Å². The van der Waals surface area contributed by atoms with Crippen LogP contribution in [-0.2, 0) is 0 Å². The van der Waals surface area contributed by atoms with Gasteiger partial charge in [0.25, 0.3) is 5.56 Å². The predicted molar refractivity (Wildman–Crippen MR) is 130 cm³/mol. The number of hydrogen-bond acceptors (Lipinski definition) is 6. The Morgan fingerprint density at radius 3 is 2.65 bits per heavy atom. The molecule has 1 aliphatic heterocycles. The maximum atomic E-state index is 13.7. The van der Waals surface area contributed by atoms with Crippen molar-refractivity contribution in [2.75, 3.05) is 23.3 Å². The summed E-state index contributed by atoms with van der Waals surface area (Å²) in [4.78, 5) is 36.8. The Bertz CT molecular complexity index is 1390. The van der Waals surface area contributed by atoms with Crippen LogP contribution in [0.5, 0.6) is 0 Å². The molecule has 3 aromatic rings. The van der Waals surface area contributed by atoms with Crippen molar-refractivity contribution in [3.63, 3.8) is 0 Å². The molecule has 0 spiro atoms. The van der Waals surface area contributed by atoms with Crippen molar-refractivity contribution in [2.24, 2.45) is 11.8 Å². The molecule has 2 aliphatic carbocycles. The third-order valence-electron chi connectivity index (χ3n) is 7.27. The van der Waals surface area contributed by atoms with Crippen LogP contribution < -0.4 is 15.8 Å². The summed E-state index contributed by atoms with van der Waals surface area (Å²) in [5.41, 5.74) is 3.45. The van der Waals surface area contributed by atoms with Crippen LogP contribution in [0.3, 0.4) is 0 Å². The fourth-order valence-electron chi connectivity index (χ4n) is 5.30. The van der Waals surface area contributed by atoms with E-state index in [2.05, 4.69) is 15.2 Å². The van der Waals surface area contributed by atoms with Gasteiger partial charge in [0, 0.05) is 24.8 Å². The van der Waals surface area contributed by atoms with Crippen LogP contribution in [0.2, 0.25) is 5.15 Å². The van der Waals surface area contributed by atoms with Crippen LogP contribution in [0.4, 0.5) is 11.5 Å². The lowest BCUT2D eigenvalue weighted by atomic mass is 10.1. The average molecular weight is 480 g/mol. The van der Waals surface area contributed by atoms with E-state index >= 15 is 0 Å². The molecule has 4 heterocycles. The van der Waals surface area contributed by atoms with Crippen LogP contribution in [0.25, 0.3) is 5.65 Å². The molecule has 1 saturated heterocycles. The summed E-state index contributed by atoms with van der Waals surface area (Å²) in [7, 11) is 0. The zero-order valence-electron chi connectivity index (χ0n) is 19.1. The van der Waals surface area contributed by atoms with Crippen molar-refractivity contribution in [1.29, 1.82) is 0 Å². The van der Waals surface area contributed by atoms with Crippen molar-refractivity contribution in [3.05, 3.63) is 62.3 Å². The summed E-state index contributed by atoms with van der Waals surface area (Å²) in [5, 5.41) is 12.9. The van der Waals surface area contributed by atoms with Crippen LogP contribution in [0.1, 0.15) is 65.3 Å². The number of carboxylic acid groups (broad SMARTS) is 1. The van der Waals surface area contributed by atoms with Gasteiger partial charge in [0.05, 0.1) is 17.3 Å². The lowest BCUT2D eigenvalue weighted by Crippen LogP contribution is -2.30. The lowest BCUT2D eigenvalue weighted by Gasteiger charge is -2.24. The fraction of sp³-hybridized carbons (Fsp3) is 0.440. The van der Waals surface area contributed by atoms with Crippen LogP contribution in [0, 0.1) is 18.8 Å². The summed E-state index contributed by atoms with van der Waals surface area (Å²) < 4.78 is 1.68. The maximum absolute atomic E-state index is 13.7. The van der Waals surface area contributed by atoms with Gasteiger partial charge in [-0.25, -0.2) is 14.8 Å². The normalized spacial score (nSPS) is 22.0. The molecular formula is C25H26ClN5O3. The van der Waals surface area contributed by atoms with E-state index in [1.807, 2.05) is 26.1 Å². The monoisotopic (exact) mass is 479 g/mol. The summed E-state index contributed by atoms with van der Waals surface area (Å²) in [5.74, 6) is 1.44. The molecule has 0 bridgehead atoms. The topological polar surface area (TPSA) is 99.8 Å². The first-order chi connectivity index (χ1) is 16.3. The van der Waals surface area contributed by atoms with Gasteiger partial charge in [-0.2, -0.15) is 0 Å². The SMILES string of the molecule is Cc1cc([C@@H](C)Nc2ccc(Cl)nc2C(=O)O)c2nc(N3CC4CC4C3)c(C3CC3)c(=O)n2c1. The Hall–Kier alpha value is -3.13. The molecule has 0 amide bonds. The number of piperidine rings is 1. The fourth-order valence-corrected chi connectivity index (χ4v) is 5.44. The Morgan fingerprint density at radius 2 is 1.97 bits per heavy atom. The maximum Gasteiger partial charge on any atom is 0.356 e. The van der Waals surface area contributed by atoms with E-state index in [4.69, 9.17) is 16.6 Å². The number of nitrogens with one attached hydrogen (secondary N) is 1. The number of carbonyl (C=O) groups is 1. The van der Waals surface area contributed by atoms with E-state index in [-0.39, 0.29) is 22.4 Å². The summed E-state index contributed by atoms with van der Waals surface area (Å²) in [6, 6.07) is 4.85. The van der Waals surface area contributed by atoms with Gasteiger partial charge in [0.15, 0.2) is 5.69 Å². The molecule has 0 radical (unpaired) electrons. The van der Waals surface area contributed by atoms with E-state index < -0.39 is 5.97 Å². The van der Waals surface area contributed by atoms with Crippen molar-refractivity contribution >= 4 is 34.7 Å². The molecule has 3 aromatic heterocycles. The minimum absolute atomic E-state index is 0.0135. The van der Waals surface area contributed by atoms with Crippen LogP contribution in [-0.4, -0.2) is 38.5 Å². The van der Waals surface area contributed by atoms with Gasteiger partial charge in [-0.1, -0.05) is 11.6 Å². The molecular weight excluding hydrogens is 454 g/mol. The number of aromatic nitrogens is 3. The highest BCUT2D eigenvalue weighted by Gasteiger charge is 2.47. The standard InChI is InChI=1S/C25H26ClN5O3/c1-12-7-17(13(2)27-18-5-6-19(26)28-21(18)25(33)34)22-29-23(30-10-15-8-16(15)11-30)20(14-3-4-14)24(32)31(22)9-12/h5-7,9,13-16,27H,3-4,8,10-11H2,1-2H3,(H,33,34)/t13-,15?,16?/m1/s1. The summed E-state index contributed by atoms with van der Waals surface area (Å²) in [6.45, 7) is 5.83. The number of pyridine rings is 2. The van der Waals surface area contributed by atoms with E-state index in [9.17, 15) is 14.7 Å². The number of aryl methyl sites for hydroxylation is 1. The molecule has 8 nitrogen and oxygen atoms in total. The molecule has 3 fully saturated rings. The summed E-state index contributed by atoms with van der Waals surface area (Å²) >= 11 is 5.91. The number of rotatable bonds is 6. The van der Waals surface area contributed by atoms with E-state index in [1.165, 1.54) is 6.42 Å². The van der Waals surface area contributed by atoms with E-state index in [0.29, 0.717) is 17.3 Å². The Labute approximate surface area is 201 Å². The van der Waals surface area contributed by atoms with Gasteiger partial charge in [-0.3, -0.25) is 9.20 Å². The van der Waals surface area contributed by atoms with Crippen molar-refractivity contribution in [3.8, 4) is 0 Å². The highest BCUT2D eigenvalue weighted by molar-refractivity contribution is 6.29. The van der Waals surface area contributed by atoms with Crippen molar-refractivity contribution in [1.82, 2.24) is 14.4 Å². The second-order valence-electron chi connectivity index (χ2n) is 9.96. The molecule has 2 saturated carbocycles. The second kappa shape index (κ2) is 7.70. The van der Waals surface area contributed by atoms with Crippen LogP contribution >= 0.6 is 11.6 Å². The smallest absolute Gasteiger partial charge is 0.356 e. The van der Waals surface area contributed by atoms with Gasteiger partial charge >= 0.3 is 5.97 Å². The number of carboxylic acids is 1. The molecule has 9 heteroatoms. The highest BCUT2D eigenvalue weighted by Crippen LogP contribution is 2.49. The first kappa shape index (κ1) is 21.4. The zero-order valence-corrected chi connectivity index (χ0v) is 19.8. The van der Waals surface area contributed by atoms with Gasteiger partial charge in [-0.05, 0) is 74.6 Å². The van der Waals surface area contributed by atoms with Gasteiger partial charge < -0.3 is 15.3 Å². The number of aromatic carboxylic acids is 1. The number of hydrogen-bond donors (Lipinski definition) is 2. The molecule has 2 unspecified atom stereocenters. The van der Waals surface area contributed by atoms with Crippen molar-refractivity contribution < 1.29 is 9.90 Å². The van der Waals surface area contributed by atoms with Crippen LogP contribution in [0.15, 0.2) is 29.2 Å². The quantitative estimate of drug-likeness (QED) is 0.509. The summed E-state index contributed by atoms with van der Waals surface area (Å²) in [6.07, 6.45) is 5.21. The third-order valence-corrected chi connectivity index (χ3v) is 7.48. The largest absolute Gasteiger partial charge is 0.476 e. The average Bonchev–Trinajstić information content (AvgIpc) is 3.73. The van der Waals surface area contributed by atoms with E-state index in [0.717, 1.165) is 60.3 Å². The molecule has 0 aromatic carbocycles. The first-order valence-corrected chi connectivity index (χ1v) is 12.2. The molecule has 176 valence electrons. The third kappa shape index (κ3) is 3.60. The molecule has 2 N–H and O–H groups in total. The van der Waals surface area contributed by atoms with Gasteiger partial charge in [0.2, 0.25) is 0 Å². The molecule has 6 rings (SSSR count). The lowest BCUT2D eigenvalue weighted by molar-refractivity contribution is 0.0691. The number of anilines is 2. The number of nitrogens with zero attached hydrogens (tertiary/aromatic N) is 4. The van der Waals surface area contributed by atoms with Gasteiger partial charge in [0.1, 0.15) is 16.6 Å². The predicted octanol–water partition coefficient (Wildman–Crippen LogP) is 4.26. The molecule has 34 heavy (non-hydrogen) atoms. The van der Waals surface area contributed by atoms with Crippen molar-refractivity contribution in [2.45, 2.75) is 45.1 Å².